The lowest BCUT2D eigenvalue weighted by molar-refractivity contribution is 0.285. The first-order valence-electron chi connectivity index (χ1n) is 5.76. The molecule has 0 saturated carbocycles. The zero-order chi connectivity index (χ0) is 13.2. The van der Waals surface area contributed by atoms with Crippen LogP contribution in [0.4, 0.5) is 0 Å². The van der Waals surface area contributed by atoms with Crippen LogP contribution < -0.4 is 4.74 Å². The minimum absolute atomic E-state index is 0.133. The van der Waals surface area contributed by atoms with Crippen LogP contribution >= 0.6 is 15.9 Å². The van der Waals surface area contributed by atoms with Crippen molar-refractivity contribution in [2.45, 2.75) is 6.61 Å². The second-order valence-electron chi connectivity index (χ2n) is 4.10. The highest BCUT2D eigenvalue weighted by Gasteiger charge is 2.05. The number of imidazole rings is 1. The van der Waals surface area contributed by atoms with E-state index in [1.165, 1.54) is 0 Å². The summed E-state index contributed by atoms with van der Waals surface area (Å²) in [4.78, 5) is 4.43. The number of halogens is 1. The van der Waals surface area contributed by atoms with Gasteiger partial charge in [-0.05, 0) is 40.2 Å². The highest BCUT2D eigenvalue weighted by molar-refractivity contribution is 9.10. The minimum Gasteiger partial charge on any atom is -0.504 e. The summed E-state index contributed by atoms with van der Waals surface area (Å²) in [5.41, 5.74) is 1.67. The quantitative estimate of drug-likeness (QED) is 0.805. The van der Waals surface area contributed by atoms with Crippen molar-refractivity contribution in [1.29, 1.82) is 0 Å². The lowest BCUT2D eigenvalue weighted by Gasteiger charge is -2.05. The van der Waals surface area contributed by atoms with Crippen molar-refractivity contribution >= 4 is 21.6 Å². The van der Waals surface area contributed by atoms with E-state index in [1.54, 1.807) is 18.2 Å². The average molecular weight is 319 g/mol. The molecule has 3 aromatic rings. The maximum absolute atomic E-state index is 9.61. The van der Waals surface area contributed by atoms with Gasteiger partial charge in [-0.1, -0.05) is 12.1 Å². The molecule has 4 nitrogen and oxygen atoms in total. The lowest BCUT2D eigenvalue weighted by Crippen LogP contribution is -1.95. The first kappa shape index (κ1) is 12.0. The number of phenols is 1. The van der Waals surface area contributed by atoms with Crippen LogP contribution in [0.15, 0.2) is 53.3 Å². The Hall–Kier alpha value is -2.01. The van der Waals surface area contributed by atoms with E-state index in [0.29, 0.717) is 12.4 Å². The molecular formula is C14H11BrN2O2. The molecule has 1 aromatic carbocycles. The van der Waals surface area contributed by atoms with E-state index in [2.05, 4.69) is 20.9 Å². The molecule has 0 aliphatic heterocycles. The van der Waals surface area contributed by atoms with Gasteiger partial charge in [-0.25, -0.2) is 4.98 Å². The summed E-state index contributed by atoms with van der Waals surface area (Å²) in [6.07, 6.45) is 3.84. The van der Waals surface area contributed by atoms with Gasteiger partial charge in [0.05, 0.1) is 5.69 Å². The number of pyridine rings is 1. The second-order valence-corrected chi connectivity index (χ2v) is 5.02. The Morgan fingerprint density at radius 1 is 1.16 bits per heavy atom. The Morgan fingerprint density at radius 3 is 2.84 bits per heavy atom. The van der Waals surface area contributed by atoms with Crippen LogP contribution in [0.1, 0.15) is 5.69 Å². The lowest BCUT2D eigenvalue weighted by atomic mass is 10.3. The predicted octanol–water partition coefficient (Wildman–Crippen LogP) is 3.38. The first-order chi connectivity index (χ1) is 9.22. The van der Waals surface area contributed by atoms with Crippen molar-refractivity contribution in [3.8, 4) is 11.5 Å². The molecular weight excluding hydrogens is 308 g/mol. The van der Waals surface area contributed by atoms with Gasteiger partial charge in [0.25, 0.3) is 0 Å². The second kappa shape index (κ2) is 4.93. The Balaban J connectivity index is 1.80. The van der Waals surface area contributed by atoms with Crippen LogP contribution in [0, 0.1) is 0 Å². The van der Waals surface area contributed by atoms with E-state index in [9.17, 15) is 5.11 Å². The van der Waals surface area contributed by atoms with Gasteiger partial charge in [0.2, 0.25) is 0 Å². The molecule has 0 spiro atoms. The molecule has 3 rings (SSSR count). The van der Waals surface area contributed by atoms with Crippen molar-refractivity contribution in [3.63, 3.8) is 0 Å². The molecule has 1 N–H and O–H groups in total. The Kier molecular flexibility index (Phi) is 3.13. The summed E-state index contributed by atoms with van der Waals surface area (Å²) in [5, 5.41) is 9.61. The number of ether oxygens (including phenoxy) is 1. The molecule has 5 heteroatoms. The zero-order valence-corrected chi connectivity index (χ0v) is 11.5. The van der Waals surface area contributed by atoms with Crippen LogP contribution in [0.5, 0.6) is 11.5 Å². The molecule has 0 aliphatic carbocycles. The fourth-order valence-electron chi connectivity index (χ4n) is 1.82. The van der Waals surface area contributed by atoms with E-state index >= 15 is 0 Å². The van der Waals surface area contributed by atoms with Crippen molar-refractivity contribution in [2.24, 2.45) is 0 Å². The molecule has 0 unspecified atom stereocenters. The standard InChI is InChI=1S/C14H11BrN2O2/c15-10-5-6-14-16-11(8-17(14)7-10)9-19-13-4-2-1-3-12(13)18/h1-8,18H,9H2. The molecule has 0 fully saturated rings. The molecule has 2 heterocycles. The minimum atomic E-state index is 0.133. The number of para-hydroxylation sites is 2. The molecule has 0 aliphatic rings. The van der Waals surface area contributed by atoms with Crippen molar-refractivity contribution in [1.82, 2.24) is 9.38 Å². The summed E-state index contributed by atoms with van der Waals surface area (Å²) in [6.45, 7) is 0.316. The summed E-state index contributed by atoms with van der Waals surface area (Å²) < 4.78 is 8.46. The number of hydrogen-bond donors (Lipinski definition) is 1. The molecule has 2 aromatic heterocycles. The maximum atomic E-state index is 9.61. The van der Waals surface area contributed by atoms with Crippen molar-refractivity contribution in [2.75, 3.05) is 0 Å². The molecule has 0 atom stereocenters. The number of nitrogens with zero attached hydrogens (tertiary/aromatic N) is 2. The van der Waals surface area contributed by atoms with Gasteiger partial charge in [0, 0.05) is 16.9 Å². The molecule has 0 saturated heterocycles. The summed E-state index contributed by atoms with van der Waals surface area (Å²) in [5.74, 6) is 0.592. The van der Waals surface area contributed by atoms with Gasteiger partial charge in [-0.15, -0.1) is 0 Å². The molecule has 19 heavy (non-hydrogen) atoms. The van der Waals surface area contributed by atoms with Crippen LogP contribution in [-0.4, -0.2) is 14.5 Å². The maximum Gasteiger partial charge on any atom is 0.161 e. The number of rotatable bonds is 3. The number of phenolic OH excluding ortho intramolecular Hbond substituents is 1. The predicted molar refractivity (Wildman–Crippen MR) is 75.3 cm³/mol. The van der Waals surface area contributed by atoms with Crippen LogP contribution in [0.25, 0.3) is 5.65 Å². The van der Waals surface area contributed by atoms with E-state index in [0.717, 1.165) is 15.8 Å². The summed E-state index contributed by atoms with van der Waals surface area (Å²) in [6, 6.07) is 10.8. The Morgan fingerprint density at radius 2 is 2.00 bits per heavy atom. The fraction of sp³-hybridized carbons (Fsp3) is 0.0714. The molecule has 0 bridgehead atoms. The van der Waals surface area contributed by atoms with Gasteiger partial charge in [-0.3, -0.25) is 0 Å². The van der Waals surface area contributed by atoms with E-state index in [-0.39, 0.29) is 5.75 Å². The Bertz CT molecular complexity index is 724. The number of hydrogen-bond acceptors (Lipinski definition) is 3. The molecule has 0 radical (unpaired) electrons. The molecule has 0 amide bonds. The third kappa shape index (κ3) is 2.56. The van der Waals surface area contributed by atoms with Gasteiger partial charge in [-0.2, -0.15) is 0 Å². The van der Waals surface area contributed by atoms with Gasteiger partial charge < -0.3 is 14.2 Å². The normalized spacial score (nSPS) is 10.8. The van der Waals surface area contributed by atoms with Gasteiger partial charge in [0.1, 0.15) is 12.3 Å². The average Bonchev–Trinajstić information content (AvgIpc) is 2.79. The van der Waals surface area contributed by atoms with E-state index in [4.69, 9.17) is 4.74 Å². The topological polar surface area (TPSA) is 46.8 Å². The SMILES string of the molecule is Oc1ccccc1OCc1cn2cc(Br)ccc2n1. The summed E-state index contributed by atoms with van der Waals surface area (Å²) >= 11 is 3.41. The smallest absolute Gasteiger partial charge is 0.161 e. The summed E-state index contributed by atoms with van der Waals surface area (Å²) in [7, 11) is 0. The fourth-order valence-corrected chi connectivity index (χ4v) is 2.17. The number of benzene rings is 1. The zero-order valence-electron chi connectivity index (χ0n) is 9.95. The third-order valence-electron chi connectivity index (χ3n) is 2.71. The van der Waals surface area contributed by atoms with Crippen LogP contribution in [0.3, 0.4) is 0 Å². The highest BCUT2D eigenvalue weighted by Crippen LogP contribution is 2.25. The van der Waals surface area contributed by atoms with Gasteiger partial charge >= 0.3 is 0 Å². The monoisotopic (exact) mass is 318 g/mol. The number of aromatic hydroxyl groups is 1. The first-order valence-corrected chi connectivity index (χ1v) is 6.55. The van der Waals surface area contributed by atoms with Gasteiger partial charge in [0.15, 0.2) is 11.5 Å². The largest absolute Gasteiger partial charge is 0.504 e. The highest BCUT2D eigenvalue weighted by atomic mass is 79.9. The van der Waals surface area contributed by atoms with Crippen molar-refractivity contribution < 1.29 is 9.84 Å². The number of aromatic nitrogens is 2. The van der Waals surface area contributed by atoms with Crippen LogP contribution in [-0.2, 0) is 6.61 Å². The Labute approximate surface area is 118 Å². The van der Waals surface area contributed by atoms with Crippen LogP contribution in [0.2, 0.25) is 0 Å². The van der Waals surface area contributed by atoms with Crippen molar-refractivity contribution in [3.05, 3.63) is 59.0 Å². The van der Waals surface area contributed by atoms with E-state index < -0.39 is 0 Å². The number of fused-ring (bicyclic) bond motifs is 1. The third-order valence-corrected chi connectivity index (χ3v) is 3.17. The molecule has 96 valence electrons. The van der Waals surface area contributed by atoms with E-state index in [1.807, 2.05) is 35.0 Å².